The van der Waals surface area contributed by atoms with Crippen molar-refractivity contribution >= 4 is 22.6 Å². The van der Waals surface area contributed by atoms with Gasteiger partial charge in [-0.05, 0) is 36.8 Å². The van der Waals surface area contributed by atoms with Gasteiger partial charge in [-0.25, -0.2) is 9.37 Å². The Morgan fingerprint density at radius 1 is 1.21 bits per heavy atom. The van der Waals surface area contributed by atoms with Gasteiger partial charge in [-0.15, -0.1) is 11.6 Å². The molecule has 19 heavy (non-hydrogen) atoms. The number of fused-ring (bicyclic) bond motifs is 1. The third-order valence-electron chi connectivity index (χ3n) is 3.09. The maximum absolute atomic E-state index is 14.2. The number of hydrogen-bond donors (Lipinski definition) is 0. The fraction of sp³-hybridized carbons (Fsp3) is 0.133. The molecule has 3 rings (SSSR count). The number of hydrogen-bond acceptors (Lipinski definition) is 1. The Bertz CT molecular complexity index is 749. The van der Waals surface area contributed by atoms with E-state index in [4.69, 9.17) is 11.6 Å². The minimum Gasteiger partial charge on any atom is -0.292 e. The van der Waals surface area contributed by atoms with Crippen LogP contribution in [0.1, 0.15) is 11.4 Å². The lowest BCUT2D eigenvalue weighted by atomic mass is 10.2. The van der Waals surface area contributed by atoms with Crippen LogP contribution in [0.2, 0.25) is 0 Å². The van der Waals surface area contributed by atoms with Crippen LogP contribution in [0.4, 0.5) is 4.39 Å². The second kappa shape index (κ2) is 4.67. The first-order valence-corrected chi connectivity index (χ1v) is 6.53. The van der Waals surface area contributed by atoms with Gasteiger partial charge < -0.3 is 0 Å². The fourth-order valence-corrected chi connectivity index (χ4v) is 2.41. The quantitative estimate of drug-likeness (QED) is 0.640. The van der Waals surface area contributed by atoms with Gasteiger partial charge in [0.1, 0.15) is 11.6 Å². The first-order chi connectivity index (χ1) is 9.20. The molecule has 0 saturated carbocycles. The van der Waals surface area contributed by atoms with Crippen LogP contribution in [0, 0.1) is 12.7 Å². The van der Waals surface area contributed by atoms with Crippen LogP contribution in [-0.4, -0.2) is 9.55 Å². The predicted molar refractivity (Wildman–Crippen MR) is 75.3 cm³/mol. The highest BCUT2D eigenvalue weighted by atomic mass is 35.5. The summed E-state index contributed by atoms with van der Waals surface area (Å²) >= 11 is 5.93. The molecule has 0 amide bonds. The van der Waals surface area contributed by atoms with E-state index in [0.29, 0.717) is 11.5 Å². The van der Waals surface area contributed by atoms with Gasteiger partial charge in [0, 0.05) is 0 Å². The lowest BCUT2D eigenvalue weighted by Crippen LogP contribution is -2.02. The lowest BCUT2D eigenvalue weighted by molar-refractivity contribution is 0.616. The zero-order valence-corrected chi connectivity index (χ0v) is 11.2. The summed E-state index contributed by atoms with van der Waals surface area (Å²) in [7, 11) is 0. The minimum absolute atomic E-state index is 0.238. The molecule has 0 saturated heterocycles. The van der Waals surface area contributed by atoms with E-state index in [1.807, 2.05) is 37.3 Å². The molecule has 0 spiro atoms. The molecular weight excluding hydrogens is 263 g/mol. The molecule has 0 aliphatic carbocycles. The van der Waals surface area contributed by atoms with Crippen molar-refractivity contribution in [3.05, 3.63) is 59.7 Å². The van der Waals surface area contributed by atoms with E-state index in [0.717, 1.165) is 16.6 Å². The van der Waals surface area contributed by atoms with Gasteiger partial charge in [0.05, 0.1) is 22.6 Å². The third-order valence-corrected chi connectivity index (χ3v) is 3.33. The number of nitrogens with zero attached hydrogens (tertiary/aromatic N) is 2. The van der Waals surface area contributed by atoms with E-state index in [1.165, 1.54) is 6.07 Å². The lowest BCUT2D eigenvalue weighted by Gasteiger charge is -2.09. The van der Waals surface area contributed by atoms with Crippen molar-refractivity contribution in [2.24, 2.45) is 0 Å². The summed E-state index contributed by atoms with van der Waals surface area (Å²) in [6.07, 6.45) is 0. The zero-order valence-electron chi connectivity index (χ0n) is 10.4. The average molecular weight is 275 g/mol. The van der Waals surface area contributed by atoms with Crippen molar-refractivity contribution in [2.45, 2.75) is 12.8 Å². The molecular formula is C15H12ClFN2. The molecule has 0 aliphatic heterocycles. The van der Waals surface area contributed by atoms with Crippen molar-refractivity contribution in [3.63, 3.8) is 0 Å². The maximum atomic E-state index is 14.2. The summed E-state index contributed by atoms with van der Waals surface area (Å²) in [5.74, 6) is 0.613. The van der Waals surface area contributed by atoms with Crippen molar-refractivity contribution in [1.82, 2.24) is 9.55 Å². The summed E-state index contributed by atoms with van der Waals surface area (Å²) in [6, 6.07) is 12.8. The van der Waals surface area contributed by atoms with Crippen LogP contribution in [0.3, 0.4) is 0 Å². The highest BCUT2D eigenvalue weighted by Gasteiger charge is 2.14. The topological polar surface area (TPSA) is 17.8 Å². The van der Waals surface area contributed by atoms with Gasteiger partial charge >= 0.3 is 0 Å². The van der Waals surface area contributed by atoms with Crippen LogP contribution in [-0.2, 0) is 5.88 Å². The fourth-order valence-electron chi connectivity index (χ4n) is 2.23. The predicted octanol–water partition coefficient (Wildman–Crippen LogP) is 4.21. The van der Waals surface area contributed by atoms with Gasteiger partial charge in [-0.1, -0.05) is 18.2 Å². The average Bonchev–Trinajstić information content (AvgIpc) is 2.77. The van der Waals surface area contributed by atoms with E-state index in [2.05, 4.69) is 4.98 Å². The molecule has 0 unspecified atom stereocenters. The Balaban J connectivity index is 2.34. The molecule has 1 heterocycles. The Morgan fingerprint density at radius 2 is 2.00 bits per heavy atom. The molecule has 96 valence electrons. The van der Waals surface area contributed by atoms with Crippen LogP contribution in [0.5, 0.6) is 0 Å². The summed E-state index contributed by atoms with van der Waals surface area (Å²) < 4.78 is 15.9. The summed E-state index contributed by atoms with van der Waals surface area (Å²) in [6.45, 7) is 1.86. The van der Waals surface area contributed by atoms with Gasteiger partial charge in [-0.2, -0.15) is 0 Å². The smallest absolute Gasteiger partial charge is 0.147 e. The van der Waals surface area contributed by atoms with Crippen molar-refractivity contribution in [2.75, 3.05) is 0 Å². The molecule has 2 nitrogen and oxygen atoms in total. The SMILES string of the molecule is Cc1ccc(-n2c(CCl)nc3ccccc32)c(F)c1. The van der Waals surface area contributed by atoms with E-state index < -0.39 is 0 Å². The van der Waals surface area contributed by atoms with Crippen LogP contribution < -0.4 is 0 Å². The van der Waals surface area contributed by atoms with Crippen LogP contribution >= 0.6 is 11.6 Å². The molecule has 0 bridgehead atoms. The van der Waals surface area contributed by atoms with Crippen LogP contribution in [0.15, 0.2) is 42.5 Å². The molecule has 0 radical (unpaired) electrons. The van der Waals surface area contributed by atoms with Gasteiger partial charge in [0.25, 0.3) is 0 Å². The van der Waals surface area contributed by atoms with Crippen LogP contribution in [0.25, 0.3) is 16.7 Å². The van der Waals surface area contributed by atoms with E-state index >= 15 is 0 Å². The molecule has 0 aliphatic rings. The van der Waals surface area contributed by atoms with Gasteiger partial charge in [0.2, 0.25) is 0 Å². The third kappa shape index (κ3) is 2.00. The normalized spacial score (nSPS) is 11.1. The van der Waals surface area contributed by atoms with E-state index in [9.17, 15) is 4.39 Å². The maximum Gasteiger partial charge on any atom is 0.147 e. The first-order valence-electron chi connectivity index (χ1n) is 5.99. The second-order valence-electron chi connectivity index (χ2n) is 4.44. The standard InChI is InChI=1S/C15H12ClFN2/c1-10-6-7-13(11(17)8-10)19-14-5-3-2-4-12(14)18-15(19)9-16/h2-8H,9H2,1H3. The largest absolute Gasteiger partial charge is 0.292 e. The molecule has 3 aromatic rings. The summed E-state index contributed by atoms with van der Waals surface area (Å²) in [5, 5.41) is 0. The van der Waals surface area contributed by atoms with Crippen molar-refractivity contribution in [1.29, 1.82) is 0 Å². The van der Waals surface area contributed by atoms with Crippen molar-refractivity contribution in [3.8, 4) is 5.69 Å². The van der Waals surface area contributed by atoms with E-state index in [1.54, 1.807) is 10.6 Å². The number of rotatable bonds is 2. The first kappa shape index (κ1) is 12.2. The summed E-state index contributed by atoms with van der Waals surface area (Å²) in [4.78, 5) is 4.44. The number of para-hydroxylation sites is 2. The molecule has 4 heteroatoms. The van der Waals surface area contributed by atoms with Gasteiger partial charge in [-0.3, -0.25) is 4.57 Å². The Hall–Kier alpha value is -1.87. The minimum atomic E-state index is -0.269. The number of imidazole rings is 1. The summed E-state index contributed by atoms with van der Waals surface area (Å²) in [5.41, 5.74) is 3.05. The molecule has 1 aromatic heterocycles. The molecule has 2 aromatic carbocycles. The number of halogens is 2. The molecule has 0 fully saturated rings. The Morgan fingerprint density at radius 3 is 2.74 bits per heavy atom. The number of aryl methyl sites for hydroxylation is 1. The Kier molecular flexibility index (Phi) is 2.99. The number of alkyl halides is 1. The van der Waals surface area contributed by atoms with E-state index in [-0.39, 0.29) is 11.7 Å². The number of aromatic nitrogens is 2. The van der Waals surface area contributed by atoms with Crippen molar-refractivity contribution < 1.29 is 4.39 Å². The molecule has 0 atom stereocenters. The number of benzene rings is 2. The highest BCUT2D eigenvalue weighted by Crippen LogP contribution is 2.24. The zero-order chi connectivity index (χ0) is 13.4. The van der Waals surface area contributed by atoms with Gasteiger partial charge in [0.15, 0.2) is 0 Å². The Labute approximate surface area is 115 Å². The molecule has 0 N–H and O–H groups in total. The highest BCUT2D eigenvalue weighted by molar-refractivity contribution is 6.17. The monoisotopic (exact) mass is 274 g/mol. The second-order valence-corrected chi connectivity index (χ2v) is 4.71.